The van der Waals surface area contributed by atoms with Crippen molar-refractivity contribution in [3.05, 3.63) is 59.9 Å². The number of nitrogens with one attached hydrogen (secondary N) is 1. The molecule has 1 heterocycles. The number of anilines is 1. The molecule has 3 N–H and O–H groups in total. The molecule has 2 aromatic rings. The number of amides is 2. The van der Waals surface area contributed by atoms with E-state index in [4.69, 9.17) is 10.5 Å². The fourth-order valence-electron chi connectivity index (χ4n) is 3.21. The Bertz CT molecular complexity index is 809. The van der Waals surface area contributed by atoms with E-state index in [0.29, 0.717) is 43.2 Å². The summed E-state index contributed by atoms with van der Waals surface area (Å²) in [5.41, 5.74) is 6.50. The van der Waals surface area contributed by atoms with Crippen LogP contribution in [0.5, 0.6) is 5.75 Å². The number of halogens is 1. The van der Waals surface area contributed by atoms with E-state index in [-0.39, 0.29) is 23.5 Å². The van der Waals surface area contributed by atoms with Crippen LogP contribution in [0.2, 0.25) is 0 Å². The zero-order valence-corrected chi connectivity index (χ0v) is 15.6. The van der Waals surface area contributed by atoms with Gasteiger partial charge in [-0.2, -0.15) is 0 Å². The molecule has 2 amide bonds. The minimum absolute atomic E-state index is 0.118. The minimum atomic E-state index is -0.383. The second-order valence-electron chi connectivity index (χ2n) is 6.75. The zero-order valence-electron chi connectivity index (χ0n) is 15.6. The molecule has 7 heteroatoms. The van der Waals surface area contributed by atoms with E-state index >= 15 is 0 Å². The molecule has 1 unspecified atom stereocenters. The standard InChI is InChI=1S/C21H24FN3O3/c22-17-5-3-15(4-6-17)21(27)25-12-1-2-16(14-25)20(26)24-18-7-9-19(10-8-18)28-13-11-23/h3-10,16H,1-2,11-14,23H2,(H,24,26). The topological polar surface area (TPSA) is 84.7 Å². The highest BCUT2D eigenvalue weighted by Crippen LogP contribution is 2.22. The third-order valence-corrected chi connectivity index (χ3v) is 4.68. The van der Waals surface area contributed by atoms with Gasteiger partial charge in [-0.1, -0.05) is 0 Å². The van der Waals surface area contributed by atoms with Crippen molar-refractivity contribution in [3.8, 4) is 5.75 Å². The zero-order chi connectivity index (χ0) is 19.9. The van der Waals surface area contributed by atoms with Gasteiger partial charge in [-0.25, -0.2) is 4.39 Å². The molecule has 3 rings (SSSR count). The van der Waals surface area contributed by atoms with Crippen LogP contribution >= 0.6 is 0 Å². The Morgan fingerprint density at radius 1 is 1.14 bits per heavy atom. The molecule has 1 aliphatic heterocycles. The van der Waals surface area contributed by atoms with Crippen LogP contribution in [0.4, 0.5) is 10.1 Å². The number of ether oxygens (including phenoxy) is 1. The predicted octanol–water partition coefficient (Wildman–Crippen LogP) is 2.65. The van der Waals surface area contributed by atoms with Crippen LogP contribution in [0.1, 0.15) is 23.2 Å². The van der Waals surface area contributed by atoms with Crippen molar-refractivity contribution in [1.29, 1.82) is 0 Å². The fraction of sp³-hybridized carbons (Fsp3) is 0.333. The summed E-state index contributed by atoms with van der Waals surface area (Å²) in [5, 5.41) is 2.89. The van der Waals surface area contributed by atoms with E-state index in [0.717, 1.165) is 12.8 Å². The Kier molecular flexibility index (Phi) is 6.60. The number of nitrogens with zero attached hydrogens (tertiary/aromatic N) is 1. The molecule has 1 saturated heterocycles. The first-order valence-electron chi connectivity index (χ1n) is 9.35. The van der Waals surface area contributed by atoms with Gasteiger partial charge in [0.25, 0.3) is 5.91 Å². The van der Waals surface area contributed by atoms with E-state index in [1.165, 1.54) is 24.3 Å². The lowest BCUT2D eigenvalue weighted by Gasteiger charge is -2.32. The molecule has 6 nitrogen and oxygen atoms in total. The highest BCUT2D eigenvalue weighted by atomic mass is 19.1. The van der Waals surface area contributed by atoms with Gasteiger partial charge in [0.05, 0.1) is 5.92 Å². The smallest absolute Gasteiger partial charge is 0.253 e. The molecule has 148 valence electrons. The first kappa shape index (κ1) is 19.8. The third kappa shape index (κ3) is 5.07. The third-order valence-electron chi connectivity index (χ3n) is 4.68. The summed E-state index contributed by atoms with van der Waals surface area (Å²) >= 11 is 0. The molecule has 1 atom stereocenters. The number of nitrogens with two attached hydrogens (primary N) is 1. The van der Waals surface area contributed by atoms with Crippen LogP contribution in [0.25, 0.3) is 0 Å². The molecular formula is C21H24FN3O3. The number of likely N-dealkylation sites (tertiary alicyclic amines) is 1. The molecule has 0 spiro atoms. The van der Waals surface area contributed by atoms with E-state index < -0.39 is 0 Å². The number of hydrogen-bond donors (Lipinski definition) is 2. The summed E-state index contributed by atoms with van der Waals surface area (Å²) in [7, 11) is 0. The molecule has 28 heavy (non-hydrogen) atoms. The van der Waals surface area contributed by atoms with Crippen molar-refractivity contribution in [1.82, 2.24) is 4.90 Å². The largest absolute Gasteiger partial charge is 0.492 e. The molecule has 0 bridgehead atoms. The summed E-state index contributed by atoms with van der Waals surface area (Å²) in [4.78, 5) is 26.9. The van der Waals surface area contributed by atoms with Gasteiger partial charge < -0.3 is 20.7 Å². The van der Waals surface area contributed by atoms with Crippen LogP contribution in [-0.4, -0.2) is 43.0 Å². The van der Waals surface area contributed by atoms with E-state index in [9.17, 15) is 14.0 Å². The van der Waals surface area contributed by atoms with Gasteiger partial charge in [0.1, 0.15) is 18.2 Å². The number of carbonyl (C=O) groups excluding carboxylic acids is 2. The lowest BCUT2D eigenvalue weighted by atomic mass is 9.96. The summed E-state index contributed by atoms with van der Waals surface area (Å²) in [6.45, 7) is 1.81. The van der Waals surface area contributed by atoms with Crippen molar-refractivity contribution < 1.29 is 18.7 Å². The van der Waals surface area contributed by atoms with Gasteiger partial charge in [-0.15, -0.1) is 0 Å². The van der Waals surface area contributed by atoms with Crippen LogP contribution in [0.3, 0.4) is 0 Å². The normalized spacial score (nSPS) is 16.5. The minimum Gasteiger partial charge on any atom is -0.492 e. The van der Waals surface area contributed by atoms with Crippen molar-refractivity contribution in [2.24, 2.45) is 11.7 Å². The van der Waals surface area contributed by atoms with Gasteiger partial charge in [0.15, 0.2) is 0 Å². The average Bonchev–Trinajstić information content (AvgIpc) is 2.73. The average molecular weight is 385 g/mol. The van der Waals surface area contributed by atoms with Crippen molar-refractivity contribution >= 4 is 17.5 Å². The number of rotatable bonds is 6. The first-order chi connectivity index (χ1) is 13.6. The lowest BCUT2D eigenvalue weighted by molar-refractivity contribution is -0.121. The molecule has 0 saturated carbocycles. The summed E-state index contributed by atoms with van der Waals surface area (Å²) in [6.07, 6.45) is 1.47. The Morgan fingerprint density at radius 3 is 2.54 bits per heavy atom. The summed E-state index contributed by atoms with van der Waals surface area (Å²) < 4.78 is 18.5. The molecule has 0 aliphatic carbocycles. The van der Waals surface area contributed by atoms with Crippen molar-refractivity contribution in [3.63, 3.8) is 0 Å². The quantitative estimate of drug-likeness (QED) is 0.801. The van der Waals surface area contributed by atoms with Crippen molar-refractivity contribution in [2.45, 2.75) is 12.8 Å². The second-order valence-corrected chi connectivity index (χ2v) is 6.75. The van der Waals surface area contributed by atoms with Crippen LogP contribution in [0, 0.1) is 11.7 Å². The van der Waals surface area contributed by atoms with Crippen LogP contribution < -0.4 is 15.8 Å². The SMILES string of the molecule is NCCOc1ccc(NC(=O)C2CCCN(C(=O)c3ccc(F)cc3)C2)cc1. The molecule has 1 fully saturated rings. The molecule has 1 aliphatic rings. The highest BCUT2D eigenvalue weighted by molar-refractivity contribution is 5.96. The number of hydrogen-bond acceptors (Lipinski definition) is 4. The summed E-state index contributed by atoms with van der Waals surface area (Å²) in [6, 6.07) is 12.6. The van der Waals surface area contributed by atoms with Crippen LogP contribution in [-0.2, 0) is 4.79 Å². The van der Waals surface area contributed by atoms with Gasteiger partial charge in [-0.3, -0.25) is 9.59 Å². The maximum atomic E-state index is 13.1. The number of carbonyl (C=O) groups is 2. The van der Waals surface area contributed by atoms with Gasteiger partial charge >= 0.3 is 0 Å². The lowest BCUT2D eigenvalue weighted by Crippen LogP contribution is -2.43. The van der Waals surface area contributed by atoms with Gasteiger partial charge in [-0.05, 0) is 61.4 Å². The monoisotopic (exact) mass is 385 g/mol. The first-order valence-corrected chi connectivity index (χ1v) is 9.35. The second kappa shape index (κ2) is 9.32. The Balaban J connectivity index is 1.58. The maximum absolute atomic E-state index is 13.1. The number of piperidine rings is 1. The predicted molar refractivity (Wildman–Crippen MR) is 105 cm³/mol. The van der Waals surface area contributed by atoms with Gasteiger partial charge in [0.2, 0.25) is 5.91 Å². The summed E-state index contributed by atoms with van der Waals surface area (Å²) in [5.74, 6) is -0.276. The van der Waals surface area contributed by atoms with E-state index in [2.05, 4.69) is 5.32 Å². The van der Waals surface area contributed by atoms with Gasteiger partial charge in [0, 0.05) is 30.9 Å². The highest BCUT2D eigenvalue weighted by Gasteiger charge is 2.29. The Hall–Kier alpha value is -2.93. The van der Waals surface area contributed by atoms with E-state index in [1.807, 2.05) is 0 Å². The Morgan fingerprint density at radius 2 is 1.86 bits per heavy atom. The Labute approximate surface area is 163 Å². The van der Waals surface area contributed by atoms with E-state index in [1.54, 1.807) is 29.2 Å². The maximum Gasteiger partial charge on any atom is 0.253 e. The fourth-order valence-corrected chi connectivity index (χ4v) is 3.21. The van der Waals surface area contributed by atoms with Crippen LogP contribution in [0.15, 0.2) is 48.5 Å². The molecular weight excluding hydrogens is 361 g/mol. The molecule has 2 aromatic carbocycles. The molecule has 0 aromatic heterocycles. The number of benzene rings is 2. The van der Waals surface area contributed by atoms with Crippen molar-refractivity contribution in [2.75, 3.05) is 31.6 Å². The molecule has 0 radical (unpaired) electrons.